The van der Waals surface area contributed by atoms with E-state index >= 15 is 0 Å². The van der Waals surface area contributed by atoms with Crippen molar-refractivity contribution in [3.05, 3.63) is 93.3 Å². The maximum Gasteiger partial charge on any atom is 0.282 e. The van der Waals surface area contributed by atoms with Gasteiger partial charge in [-0.05, 0) is 38.5 Å². The number of benzene rings is 2. The van der Waals surface area contributed by atoms with Crippen LogP contribution in [0.15, 0.2) is 64.5 Å². The van der Waals surface area contributed by atoms with Gasteiger partial charge in [0.2, 0.25) is 0 Å². The van der Waals surface area contributed by atoms with Crippen molar-refractivity contribution in [2.45, 2.75) is 27.3 Å². The molecule has 0 amide bonds. The van der Waals surface area contributed by atoms with Gasteiger partial charge < -0.3 is 0 Å². The molecule has 0 unspecified atom stereocenters. The monoisotopic (exact) mass is 371 g/mol. The molecule has 0 spiro atoms. The van der Waals surface area contributed by atoms with Crippen LogP contribution in [-0.4, -0.2) is 25.7 Å². The van der Waals surface area contributed by atoms with Crippen molar-refractivity contribution < 1.29 is 0 Å². The molecule has 0 aliphatic rings. The molecular formula is C22H21N5O. The minimum Gasteiger partial charge on any atom is -0.267 e. The van der Waals surface area contributed by atoms with Crippen molar-refractivity contribution in [2.24, 2.45) is 5.10 Å². The molecule has 0 radical (unpaired) electrons. The molecular weight excluding hydrogens is 350 g/mol. The number of fused-ring (bicyclic) bond motifs is 1. The van der Waals surface area contributed by atoms with Crippen LogP contribution in [-0.2, 0) is 6.54 Å². The Balaban J connectivity index is 1.71. The van der Waals surface area contributed by atoms with Crippen LogP contribution in [0.3, 0.4) is 0 Å². The van der Waals surface area contributed by atoms with Crippen LogP contribution in [0.1, 0.15) is 28.3 Å². The lowest BCUT2D eigenvalue weighted by Crippen LogP contribution is -2.20. The molecule has 0 aliphatic heterocycles. The molecule has 2 aromatic carbocycles. The van der Waals surface area contributed by atoms with E-state index in [0.717, 1.165) is 17.0 Å². The van der Waals surface area contributed by atoms with Crippen molar-refractivity contribution in [1.29, 1.82) is 0 Å². The second-order valence-electron chi connectivity index (χ2n) is 6.77. The maximum absolute atomic E-state index is 12.8. The molecule has 6 nitrogen and oxygen atoms in total. The Labute approximate surface area is 162 Å². The highest BCUT2D eigenvalue weighted by Gasteiger charge is 2.11. The molecule has 6 heteroatoms. The summed E-state index contributed by atoms with van der Waals surface area (Å²) in [6.07, 6.45) is 1.70. The van der Waals surface area contributed by atoms with Gasteiger partial charge in [0.05, 0.1) is 29.4 Å². The molecule has 0 N–H and O–H groups in total. The summed E-state index contributed by atoms with van der Waals surface area (Å²) in [5.41, 5.74) is 4.48. The topological polar surface area (TPSA) is 65.1 Å². The molecule has 2 heterocycles. The molecule has 0 saturated carbocycles. The van der Waals surface area contributed by atoms with Crippen LogP contribution < -0.4 is 5.56 Å². The Morgan fingerprint density at radius 1 is 1.00 bits per heavy atom. The average molecular weight is 371 g/mol. The Morgan fingerprint density at radius 2 is 1.71 bits per heavy atom. The summed E-state index contributed by atoms with van der Waals surface area (Å²) in [5.74, 6) is 0.548. The zero-order valence-corrected chi connectivity index (χ0v) is 16.1. The lowest BCUT2D eigenvalue weighted by molar-refractivity contribution is 0.659. The van der Waals surface area contributed by atoms with E-state index in [9.17, 15) is 4.79 Å². The van der Waals surface area contributed by atoms with Gasteiger partial charge in [-0.25, -0.2) is 4.98 Å². The average Bonchev–Trinajstić information content (AvgIpc) is 2.96. The van der Waals surface area contributed by atoms with E-state index in [-0.39, 0.29) is 5.56 Å². The molecule has 4 aromatic rings. The maximum atomic E-state index is 12.8. The SMILES string of the molecule is Cc1nn(Cc2ccccc2)c(C)c1/C=N/n1c(C)nc2ccccc2c1=O. The summed E-state index contributed by atoms with van der Waals surface area (Å²) in [4.78, 5) is 17.3. The van der Waals surface area contributed by atoms with E-state index in [1.165, 1.54) is 10.2 Å². The van der Waals surface area contributed by atoms with Crippen molar-refractivity contribution in [3.63, 3.8) is 0 Å². The van der Waals surface area contributed by atoms with E-state index in [4.69, 9.17) is 0 Å². The first-order valence-corrected chi connectivity index (χ1v) is 9.15. The fourth-order valence-electron chi connectivity index (χ4n) is 3.29. The zero-order valence-electron chi connectivity index (χ0n) is 16.1. The largest absolute Gasteiger partial charge is 0.282 e. The smallest absolute Gasteiger partial charge is 0.267 e. The van der Waals surface area contributed by atoms with Crippen LogP contribution in [0.4, 0.5) is 0 Å². The van der Waals surface area contributed by atoms with Crippen LogP contribution >= 0.6 is 0 Å². The lowest BCUT2D eigenvalue weighted by atomic mass is 10.2. The molecule has 0 saturated heterocycles. The zero-order chi connectivity index (χ0) is 19.7. The normalized spacial score (nSPS) is 11.5. The van der Waals surface area contributed by atoms with E-state index in [2.05, 4.69) is 27.3 Å². The minimum absolute atomic E-state index is 0.175. The van der Waals surface area contributed by atoms with Crippen molar-refractivity contribution in [1.82, 2.24) is 19.4 Å². The summed E-state index contributed by atoms with van der Waals surface area (Å²) in [6, 6.07) is 17.5. The quantitative estimate of drug-likeness (QED) is 0.516. The Kier molecular flexibility index (Phi) is 4.61. The van der Waals surface area contributed by atoms with E-state index in [1.54, 1.807) is 19.2 Å². The summed E-state index contributed by atoms with van der Waals surface area (Å²) < 4.78 is 3.30. The minimum atomic E-state index is -0.175. The number of hydrogen-bond donors (Lipinski definition) is 0. The number of nitrogens with zero attached hydrogens (tertiary/aromatic N) is 5. The first kappa shape index (κ1) is 17.9. The van der Waals surface area contributed by atoms with Gasteiger partial charge in [-0.15, -0.1) is 0 Å². The van der Waals surface area contributed by atoms with Crippen molar-refractivity contribution in [2.75, 3.05) is 0 Å². The van der Waals surface area contributed by atoms with Gasteiger partial charge in [-0.2, -0.15) is 14.9 Å². The highest BCUT2D eigenvalue weighted by atomic mass is 16.1. The van der Waals surface area contributed by atoms with Gasteiger partial charge in [-0.3, -0.25) is 9.48 Å². The third-order valence-electron chi connectivity index (χ3n) is 4.83. The van der Waals surface area contributed by atoms with Gasteiger partial charge >= 0.3 is 0 Å². The number of aromatic nitrogens is 4. The number of aryl methyl sites for hydroxylation is 2. The van der Waals surface area contributed by atoms with Gasteiger partial charge in [0.25, 0.3) is 5.56 Å². The first-order chi connectivity index (χ1) is 13.5. The van der Waals surface area contributed by atoms with Gasteiger partial charge in [0.15, 0.2) is 0 Å². The predicted octanol–water partition coefficient (Wildman–Crippen LogP) is 3.45. The number of rotatable bonds is 4. The molecule has 0 atom stereocenters. The fraction of sp³-hybridized carbons (Fsp3) is 0.182. The molecule has 0 bridgehead atoms. The van der Waals surface area contributed by atoms with Crippen molar-refractivity contribution >= 4 is 17.1 Å². The standard InChI is InChI=1S/C22H21N5O/c1-15-20(16(2)26(25-15)14-18-9-5-4-6-10-18)13-23-27-17(3)24-21-12-8-7-11-19(21)22(27)28/h4-13H,14H2,1-3H3/b23-13+. The molecule has 28 heavy (non-hydrogen) atoms. The third kappa shape index (κ3) is 3.24. The molecule has 0 fully saturated rings. The second-order valence-corrected chi connectivity index (χ2v) is 6.77. The third-order valence-corrected chi connectivity index (χ3v) is 4.83. The van der Waals surface area contributed by atoms with Crippen LogP contribution in [0.2, 0.25) is 0 Å². The Bertz CT molecular complexity index is 1240. The van der Waals surface area contributed by atoms with Gasteiger partial charge in [-0.1, -0.05) is 42.5 Å². The van der Waals surface area contributed by atoms with E-state index in [1.807, 2.05) is 54.9 Å². The Morgan fingerprint density at radius 3 is 2.50 bits per heavy atom. The molecule has 4 rings (SSSR count). The summed E-state index contributed by atoms with van der Waals surface area (Å²) in [7, 11) is 0. The molecule has 140 valence electrons. The molecule has 0 aliphatic carbocycles. The van der Waals surface area contributed by atoms with Gasteiger partial charge in [0.1, 0.15) is 5.82 Å². The Hall–Kier alpha value is -3.54. The van der Waals surface area contributed by atoms with Gasteiger partial charge in [0, 0.05) is 11.3 Å². The first-order valence-electron chi connectivity index (χ1n) is 9.15. The lowest BCUT2D eigenvalue weighted by Gasteiger charge is -2.06. The second kappa shape index (κ2) is 7.23. The summed E-state index contributed by atoms with van der Waals surface area (Å²) in [5, 5.41) is 9.62. The van der Waals surface area contributed by atoms with E-state index < -0.39 is 0 Å². The highest BCUT2D eigenvalue weighted by Crippen LogP contribution is 2.13. The van der Waals surface area contributed by atoms with E-state index in [0.29, 0.717) is 23.3 Å². The van der Waals surface area contributed by atoms with Crippen LogP contribution in [0.5, 0.6) is 0 Å². The molecule has 2 aromatic heterocycles. The van der Waals surface area contributed by atoms with Crippen LogP contribution in [0, 0.1) is 20.8 Å². The van der Waals surface area contributed by atoms with Crippen molar-refractivity contribution in [3.8, 4) is 0 Å². The van der Waals surface area contributed by atoms with Crippen LogP contribution in [0.25, 0.3) is 10.9 Å². The summed E-state index contributed by atoms with van der Waals surface area (Å²) in [6.45, 7) is 6.43. The highest BCUT2D eigenvalue weighted by molar-refractivity contribution is 5.83. The number of para-hydroxylation sites is 1. The number of hydrogen-bond acceptors (Lipinski definition) is 4. The summed E-state index contributed by atoms with van der Waals surface area (Å²) >= 11 is 0. The predicted molar refractivity (Wildman–Crippen MR) is 111 cm³/mol. The fourth-order valence-corrected chi connectivity index (χ4v) is 3.29.